The van der Waals surface area contributed by atoms with Crippen LogP contribution < -0.4 is 5.32 Å². The van der Waals surface area contributed by atoms with E-state index in [1.165, 1.54) is 4.90 Å². The summed E-state index contributed by atoms with van der Waals surface area (Å²) < 4.78 is 5.14. The molecular weight excluding hydrogens is 234 g/mol. The van der Waals surface area contributed by atoms with E-state index in [1.54, 1.807) is 11.8 Å². The van der Waals surface area contributed by atoms with Crippen molar-refractivity contribution in [2.24, 2.45) is 0 Å². The van der Waals surface area contributed by atoms with Crippen LogP contribution in [0.2, 0.25) is 0 Å². The van der Waals surface area contributed by atoms with E-state index in [-0.39, 0.29) is 12.5 Å². The van der Waals surface area contributed by atoms with Crippen molar-refractivity contribution in [1.82, 2.24) is 5.32 Å². The van der Waals surface area contributed by atoms with Crippen LogP contribution in [0.3, 0.4) is 0 Å². The number of hydrogen-bond donors (Lipinski definition) is 1. The minimum atomic E-state index is -0.0351. The second-order valence-corrected chi connectivity index (χ2v) is 4.73. The number of nitrogens with one attached hydrogen (secondary N) is 1. The van der Waals surface area contributed by atoms with Gasteiger partial charge in [-0.25, -0.2) is 0 Å². The molecule has 4 heteroatoms. The molecule has 3 nitrogen and oxygen atoms in total. The molecule has 0 radical (unpaired) electrons. The van der Waals surface area contributed by atoms with Crippen molar-refractivity contribution in [3.63, 3.8) is 0 Å². The van der Waals surface area contributed by atoms with Crippen LogP contribution >= 0.6 is 11.8 Å². The quantitative estimate of drug-likeness (QED) is 0.571. The fourth-order valence-corrected chi connectivity index (χ4v) is 2.03. The lowest BCUT2D eigenvalue weighted by Crippen LogP contribution is -2.29. The van der Waals surface area contributed by atoms with Gasteiger partial charge < -0.3 is 10.1 Å². The number of amides is 1. The number of ether oxygens (including phenoxy) is 1. The maximum absolute atomic E-state index is 11.3. The summed E-state index contributed by atoms with van der Waals surface area (Å²) in [4.78, 5) is 12.5. The molecule has 0 saturated carbocycles. The Morgan fingerprint density at radius 1 is 1.35 bits per heavy atom. The van der Waals surface area contributed by atoms with Crippen molar-refractivity contribution >= 4 is 17.7 Å². The molecule has 0 saturated heterocycles. The Hall–Kier alpha value is -1.00. The lowest BCUT2D eigenvalue weighted by atomic mass is 10.4. The highest BCUT2D eigenvalue weighted by molar-refractivity contribution is 7.99. The summed E-state index contributed by atoms with van der Waals surface area (Å²) in [6.45, 7) is 3.51. The van der Waals surface area contributed by atoms with Crippen LogP contribution in [0.5, 0.6) is 0 Å². The van der Waals surface area contributed by atoms with Gasteiger partial charge in [0, 0.05) is 23.8 Å². The molecule has 0 spiro atoms. The Kier molecular flexibility index (Phi) is 7.51. The fraction of sp³-hybridized carbons (Fsp3) is 0.462. The maximum Gasteiger partial charge on any atom is 0.246 e. The van der Waals surface area contributed by atoms with Gasteiger partial charge in [0.2, 0.25) is 5.91 Å². The third-order valence-corrected chi connectivity index (χ3v) is 3.03. The molecule has 94 valence electrons. The highest BCUT2D eigenvalue weighted by Gasteiger charge is 2.00. The third-order valence-electron chi connectivity index (χ3n) is 2.02. The first-order valence-corrected chi connectivity index (χ1v) is 6.83. The summed E-state index contributed by atoms with van der Waals surface area (Å²) in [5.41, 5.74) is 0. The molecular formula is C13H19NO2S. The summed E-state index contributed by atoms with van der Waals surface area (Å²) in [5, 5.41) is 2.83. The third kappa shape index (κ3) is 7.02. The van der Waals surface area contributed by atoms with Gasteiger partial charge in [-0.05, 0) is 18.6 Å². The van der Waals surface area contributed by atoms with E-state index in [0.717, 1.165) is 12.2 Å². The van der Waals surface area contributed by atoms with E-state index < -0.39 is 0 Å². The highest BCUT2D eigenvalue weighted by atomic mass is 32.2. The van der Waals surface area contributed by atoms with E-state index in [0.29, 0.717) is 13.2 Å². The molecule has 17 heavy (non-hydrogen) atoms. The number of hydrogen-bond acceptors (Lipinski definition) is 3. The van der Waals surface area contributed by atoms with Crippen molar-refractivity contribution in [1.29, 1.82) is 0 Å². The van der Waals surface area contributed by atoms with Crippen molar-refractivity contribution in [2.75, 3.05) is 25.5 Å². The Balaban J connectivity index is 2.02. The number of benzene rings is 1. The summed E-state index contributed by atoms with van der Waals surface area (Å²) in [5.74, 6) is 0.843. The van der Waals surface area contributed by atoms with Gasteiger partial charge in [-0.2, -0.15) is 0 Å². The molecule has 0 aliphatic carbocycles. The van der Waals surface area contributed by atoms with Gasteiger partial charge in [-0.1, -0.05) is 25.1 Å². The predicted octanol–water partition coefficient (Wildman–Crippen LogP) is 2.32. The largest absolute Gasteiger partial charge is 0.372 e. The van der Waals surface area contributed by atoms with Crippen LogP contribution in [0.15, 0.2) is 35.2 Å². The summed E-state index contributed by atoms with van der Waals surface area (Å²) in [7, 11) is 0. The zero-order valence-corrected chi connectivity index (χ0v) is 11.0. The Morgan fingerprint density at radius 2 is 2.12 bits per heavy atom. The Labute approximate surface area is 107 Å². The first kappa shape index (κ1) is 14.1. The summed E-state index contributed by atoms with van der Waals surface area (Å²) >= 11 is 1.74. The first-order chi connectivity index (χ1) is 8.33. The summed E-state index contributed by atoms with van der Waals surface area (Å²) in [6, 6.07) is 10.2. The zero-order chi connectivity index (χ0) is 12.3. The lowest BCUT2D eigenvalue weighted by molar-refractivity contribution is -0.125. The summed E-state index contributed by atoms with van der Waals surface area (Å²) in [6.07, 6.45) is 0.942. The van der Waals surface area contributed by atoms with Gasteiger partial charge >= 0.3 is 0 Å². The van der Waals surface area contributed by atoms with Crippen molar-refractivity contribution in [3.8, 4) is 0 Å². The van der Waals surface area contributed by atoms with E-state index >= 15 is 0 Å². The van der Waals surface area contributed by atoms with Gasteiger partial charge in [0.05, 0.1) is 0 Å². The molecule has 1 N–H and O–H groups in total. The molecule has 0 atom stereocenters. The van der Waals surface area contributed by atoms with Crippen LogP contribution in [-0.2, 0) is 9.53 Å². The molecule has 0 fully saturated rings. The second-order valence-electron chi connectivity index (χ2n) is 3.56. The van der Waals surface area contributed by atoms with Crippen molar-refractivity contribution in [3.05, 3.63) is 30.3 Å². The van der Waals surface area contributed by atoms with Gasteiger partial charge in [-0.15, -0.1) is 11.8 Å². The predicted molar refractivity (Wildman–Crippen MR) is 71.3 cm³/mol. The minimum Gasteiger partial charge on any atom is -0.372 e. The van der Waals surface area contributed by atoms with Crippen LogP contribution in [0.1, 0.15) is 13.3 Å². The second kappa shape index (κ2) is 9.07. The number of carbonyl (C=O) groups excluding carboxylic acids is 1. The Morgan fingerprint density at radius 3 is 2.82 bits per heavy atom. The van der Waals surface area contributed by atoms with Gasteiger partial charge in [0.25, 0.3) is 0 Å². The van der Waals surface area contributed by atoms with Gasteiger partial charge in [0.1, 0.15) is 6.61 Å². The molecule has 1 rings (SSSR count). The van der Waals surface area contributed by atoms with Crippen LogP contribution in [0, 0.1) is 0 Å². The van der Waals surface area contributed by atoms with Gasteiger partial charge in [0.15, 0.2) is 0 Å². The highest BCUT2D eigenvalue weighted by Crippen LogP contribution is 2.15. The number of thioether (sulfide) groups is 1. The molecule has 0 bridgehead atoms. The smallest absolute Gasteiger partial charge is 0.246 e. The molecule has 0 aromatic heterocycles. The molecule has 0 heterocycles. The van der Waals surface area contributed by atoms with E-state index in [4.69, 9.17) is 4.74 Å². The Bertz CT molecular complexity index is 316. The molecule has 1 aromatic rings. The first-order valence-electron chi connectivity index (χ1n) is 5.85. The molecule has 0 aliphatic heterocycles. The standard InChI is InChI=1S/C13H19NO2S/c1-2-9-16-11-13(15)14-8-10-17-12-6-4-3-5-7-12/h3-7H,2,8-11H2,1H3,(H,14,15). The van der Waals surface area contributed by atoms with Gasteiger partial charge in [-0.3, -0.25) is 4.79 Å². The number of rotatable bonds is 8. The molecule has 1 aromatic carbocycles. The average Bonchev–Trinajstić information content (AvgIpc) is 2.36. The average molecular weight is 253 g/mol. The molecule has 0 aliphatic rings. The lowest BCUT2D eigenvalue weighted by Gasteiger charge is -2.05. The van der Waals surface area contributed by atoms with Crippen LogP contribution in [0.4, 0.5) is 0 Å². The van der Waals surface area contributed by atoms with Crippen LogP contribution in [0.25, 0.3) is 0 Å². The zero-order valence-electron chi connectivity index (χ0n) is 10.1. The SMILES string of the molecule is CCCOCC(=O)NCCSc1ccccc1. The molecule has 1 amide bonds. The fourth-order valence-electron chi connectivity index (χ4n) is 1.24. The molecule has 0 unspecified atom stereocenters. The van der Waals surface area contributed by atoms with Crippen LogP contribution in [-0.4, -0.2) is 31.4 Å². The number of carbonyl (C=O) groups is 1. The monoisotopic (exact) mass is 253 g/mol. The topological polar surface area (TPSA) is 38.3 Å². The minimum absolute atomic E-state index is 0.0351. The normalized spacial score (nSPS) is 10.2. The van der Waals surface area contributed by atoms with Crippen molar-refractivity contribution < 1.29 is 9.53 Å². The van der Waals surface area contributed by atoms with E-state index in [9.17, 15) is 4.79 Å². The van der Waals surface area contributed by atoms with E-state index in [1.807, 2.05) is 25.1 Å². The van der Waals surface area contributed by atoms with Crippen molar-refractivity contribution in [2.45, 2.75) is 18.2 Å². The maximum atomic E-state index is 11.3. The van der Waals surface area contributed by atoms with E-state index in [2.05, 4.69) is 17.4 Å².